The number of piperidine rings is 1. The number of anilines is 1. The van der Waals surface area contributed by atoms with E-state index in [-0.39, 0.29) is 23.4 Å². The average Bonchev–Trinajstić information content (AvgIpc) is 2.84. The number of nitro benzene ring substituents is 1. The minimum atomic E-state index is -0.874. The van der Waals surface area contributed by atoms with Crippen molar-refractivity contribution < 1.29 is 19.2 Å². The molecule has 2 aliphatic rings. The molecule has 2 aliphatic heterocycles. The summed E-state index contributed by atoms with van der Waals surface area (Å²) in [5.74, 6) is 0.109. The average molecular weight is 453 g/mol. The van der Waals surface area contributed by atoms with E-state index in [1.807, 2.05) is 18.7 Å². The van der Waals surface area contributed by atoms with Crippen molar-refractivity contribution in [2.75, 3.05) is 31.1 Å². The Kier molecular flexibility index (Phi) is 6.48. The molecule has 0 unspecified atom stereocenters. The third kappa shape index (κ3) is 4.48. The van der Waals surface area contributed by atoms with Crippen LogP contribution in [-0.4, -0.2) is 47.8 Å². The van der Waals surface area contributed by atoms with E-state index in [4.69, 9.17) is 4.74 Å². The number of carbonyl (C=O) groups excluding carboxylic acids is 2. The molecule has 1 saturated heterocycles. The van der Waals surface area contributed by atoms with Gasteiger partial charge in [-0.3, -0.25) is 19.7 Å². The van der Waals surface area contributed by atoms with Crippen molar-refractivity contribution in [2.45, 2.75) is 32.9 Å². The molecule has 0 spiro atoms. The Hall–Kier alpha value is -3.62. The summed E-state index contributed by atoms with van der Waals surface area (Å²) in [5.41, 5.74) is 1.56. The molecule has 9 nitrogen and oxygen atoms in total. The van der Waals surface area contributed by atoms with Crippen molar-refractivity contribution in [3.8, 4) is 5.75 Å². The highest BCUT2D eigenvalue weighted by atomic mass is 16.6. The zero-order chi connectivity index (χ0) is 23.5. The van der Waals surface area contributed by atoms with E-state index in [1.165, 1.54) is 12.1 Å². The standard InChI is InChI=1S/C24H28N4O5/c1-3-26(4-2)24(30)16-8-7-13-27(15-16)20-12-11-17(28(31)32)14-19(20)23-25-22(29)18-9-5-6-10-21(18)33-23/h5-6,9-12,14,16,23H,3-4,7-8,13,15H2,1-2H3,(H,25,29)/t16-,23+/m0/s1. The lowest BCUT2D eigenvalue weighted by atomic mass is 9.95. The molecule has 2 heterocycles. The van der Waals surface area contributed by atoms with E-state index in [0.717, 1.165) is 18.5 Å². The van der Waals surface area contributed by atoms with Crippen LogP contribution >= 0.6 is 0 Å². The minimum Gasteiger partial charge on any atom is -0.465 e. The normalized spacial score (nSPS) is 19.8. The molecule has 0 radical (unpaired) electrons. The molecule has 2 atom stereocenters. The molecule has 2 aromatic rings. The number of nitrogens with zero attached hydrogens (tertiary/aromatic N) is 3. The molecule has 0 aliphatic carbocycles. The zero-order valence-electron chi connectivity index (χ0n) is 18.8. The number of nitro groups is 1. The number of benzene rings is 2. The molecule has 0 aromatic heterocycles. The van der Waals surface area contributed by atoms with Gasteiger partial charge in [0.15, 0.2) is 0 Å². The number of ether oxygens (including phenoxy) is 1. The summed E-state index contributed by atoms with van der Waals surface area (Å²) >= 11 is 0. The number of rotatable bonds is 6. The molecular formula is C24H28N4O5. The lowest BCUT2D eigenvalue weighted by molar-refractivity contribution is -0.385. The van der Waals surface area contributed by atoms with E-state index in [9.17, 15) is 19.7 Å². The number of fused-ring (bicyclic) bond motifs is 1. The van der Waals surface area contributed by atoms with E-state index < -0.39 is 11.2 Å². The SMILES string of the molecule is CCN(CC)C(=O)[C@H]1CCCN(c2ccc([N+](=O)[O-])cc2[C@@H]2NC(=O)c3ccccc3O2)C1. The van der Waals surface area contributed by atoms with Gasteiger partial charge in [0.1, 0.15) is 5.75 Å². The van der Waals surface area contributed by atoms with Crippen molar-refractivity contribution in [1.82, 2.24) is 10.2 Å². The first-order valence-corrected chi connectivity index (χ1v) is 11.3. The third-order valence-corrected chi connectivity index (χ3v) is 6.33. The lowest BCUT2D eigenvalue weighted by Crippen LogP contribution is -2.45. The first kappa shape index (κ1) is 22.6. The number of hydrogen-bond acceptors (Lipinski definition) is 6. The summed E-state index contributed by atoms with van der Waals surface area (Å²) < 4.78 is 6.05. The summed E-state index contributed by atoms with van der Waals surface area (Å²) in [5, 5.41) is 14.3. The lowest BCUT2D eigenvalue weighted by Gasteiger charge is -2.38. The van der Waals surface area contributed by atoms with Gasteiger partial charge < -0.3 is 19.9 Å². The second-order valence-corrected chi connectivity index (χ2v) is 8.26. The van der Waals surface area contributed by atoms with Crippen LogP contribution in [0.25, 0.3) is 0 Å². The second-order valence-electron chi connectivity index (χ2n) is 8.26. The van der Waals surface area contributed by atoms with Gasteiger partial charge in [0.25, 0.3) is 11.6 Å². The molecule has 1 N–H and O–H groups in total. The van der Waals surface area contributed by atoms with Crippen LogP contribution in [0, 0.1) is 16.0 Å². The maximum Gasteiger partial charge on any atom is 0.270 e. The Morgan fingerprint density at radius 3 is 2.73 bits per heavy atom. The number of nitrogens with one attached hydrogen (secondary N) is 1. The topological polar surface area (TPSA) is 105 Å². The van der Waals surface area contributed by atoms with E-state index >= 15 is 0 Å². The molecule has 1 fully saturated rings. The van der Waals surface area contributed by atoms with Crippen LogP contribution in [0.3, 0.4) is 0 Å². The summed E-state index contributed by atoms with van der Waals surface area (Å²) in [4.78, 5) is 40.6. The van der Waals surface area contributed by atoms with Crippen LogP contribution in [0.2, 0.25) is 0 Å². The number of amides is 2. The Morgan fingerprint density at radius 1 is 1.24 bits per heavy atom. The maximum atomic E-state index is 13.0. The molecule has 174 valence electrons. The predicted molar refractivity (Wildman–Crippen MR) is 123 cm³/mol. The molecule has 0 saturated carbocycles. The summed E-state index contributed by atoms with van der Waals surface area (Å²) in [6.07, 6.45) is 0.758. The predicted octanol–water partition coefficient (Wildman–Crippen LogP) is 3.50. The third-order valence-electron chi connectivity index (χ3n) is 6.33. The summed E-state index contributed by atoms with van der Waals surface area (Å²) in [6, 6.07) is 11.5. The largest absolute Gasteiger partial charge is 0.465 e. The van der Waals surface area contributed by atoms with Crippen LogP contribution < -0.4 is 15.0 Å². The Bertz CT molecular complexity index is 1070. The highest BCUT2D eigenvalue weighted by molar-refractivity contribution is 5.98. The zero-order valence-corrected chi connectivity index (χ0v) is 18.8. The van der Waals surface area contributed by atoms with Gasteiger partial charge in [-0.05, 0) is 44.9 Å². The monoisotopic (exact) mass is 452 g/mol. The van der Waals surface area contributed by atoms with Gasteiger partial charge in [0.2, 0.25) is 12.1 Å². The van der Waals surface area contributed by atoms with Crippen LogP contribution in [-0.2, 0) is 4.79 Å². The van der Waals surface area contributed by atoms with Crippen LogP contribution in [0.4, 0.5) is 11.4 Å². The Morgan fingerprint density at radius 2 is 2.00 bits per heavy atom. The van der Waals surface area contributed by atoms with E-state index in [1.54, 1.807) is 30.3 Å². The van der Waals surface area contributed by atoms with Crippen LogP contribution in [0.5, 0.6) is 5.75 Å². The van der Waals surface area contributed by atoms with Gasteiger partial charge in [-0.1, -0.05) is 12.1 Å². The molecule has 0 bridgehead atoms. The smallest absolute Gasteiger partial charge is 0.270 e. The fourth-order valence-electron chi connectivity index (χ4n) is 4.60. The molecule has 4 rings (SSSR count). The van der Waals surface area contributed by atoms with Crippen molar-refractivity contribution >= 4 is 23.2 Å². The van der Waals surface area contributed by atoms with Crippen molar-refractivity contribution in [2.24, 2.45) is 5.92 Å². The van der Waals surface area contributed by atoms with Gasteiger partial charge in [0.05, 0.1) is 16.4 Å². The Balaban J connectivity index is 1.67. The number of hydrogen-bond donors (Lipinski definition) is 1. The number of carbonyl (C=O) groups is 2. The highest BCUT2D eigenvalue weighted by Crippen LogP contribution is 2.37. The Labute approximate surface area is 192 Å². The quantitative estimate of drug-likeness (QED) is 0.531. The maximum absolute atomic E-state index is 13.0. The summed E-state index contributed by atoms with van der Waals surface area (Å²) in [7, 11) is 0. The molecule has 33 heavy (non-hydrogen) atoms. The van der Waals surface area contributed by atoms with Gasteiger partial charge >= 0.3 is 0 Å². The first-order valence-electron chi connectivity index (χ1n) is 11.3. The van der Waals surface area contributed by atoms with Gasteiger partial charge in [-0.2, -0.15) is 0 Å². The summed E-state index contributed by atoms with van der Waals surface area (Å²) in [6.45, 7) is 6.49. The molecule has 2 amide bonds. The van der Waals surface area contributed by atoms with Crippen LogP contribution in [0.1, 0.15) is 48.8 Å². The van der Waals surface area contributed by atoms with Crippen molar-refractivity contribution in [3.05, 3.63) is 63.7 Å². The first-order chi connectivity index (χ1) is 15.9. The number of non-ortho nitro benzene ring substituents is 1. The number of para-hydroxylation sites is 1. The molecule has 2 aromatic carbocycles. The van der Waals surface area contributed by atoms with Crippen molar-refractivity contribution in [1.29, 1.82) is 0 Å². The van der Waals surface area contributed by atoms with Gasteiger partial charge in [-0.25, -0.2) is 0 Å². The highest BCUT2D eigenvalue weighted by Gasteiger charge is 2.33. The van der Waals surface area contributed by atoms with E-state index in [0.29, 0.717) is 43.1 Å². The van der Waals surface area contributed by atoms with E-state index in [2.05, 4.69) is 10.2 Å². The molecule has 9 heteroatoms. The van der Waals surface area contributed by atoms with Crippen LogP contribution in [0.15, 0.2) is 42.5 Å². The minimum absolute atomic E-state index is 0.0850. The molecular weight excluding hydrogens is 424 g/mol. The van der Waals surface area contributed by atoms with Gasteiger partial charge in [-0.15, -0.1) is 0 Å². The van der Waals surface area contributed by atoms with Crippen molar-refractivity contribution in [3.63, 3.8) is 0 Å². The fraction of sp³-hybridized carbons (Fsp3) is 0.417. The van der Waals surface area contributed by atoms with Gasteiger partial charge in [0, 0.05) is 49.6 Å². The second kappa shape index (κ2) is 9.48. The fourth-order valence-corrected chi connectivity index (χ4v) is 4.60.